The van der Waals surface area contributed by atoms with Gasteiger partial charge in [0, 0.05) is 25.0 Å². The van der Waals surface area contributed by atoms with Crippen LogP contribution in [0.15, 0.2) is 4.79 Å². The van der Waals surface area contributed by atoms with E-state index < -0.39 is 5.56 Å². The van der Waals surface area contributed by atoms with Crippen molar-refractivity contribution >= 4 is 29.0 Å². The first-order valence-electron chi connectivity index (χ1n) is 11.1. The molecule has 0 unspecified atom stereocenters. The summed E-state index contributed by atoms with van der Waals surface area (Å²) in [6.45, 7) is 20.8. The molecule has 0 aliphatic heterocycles. The Morgan fingerprint density at radius 2 is 1.65 bits per heavy atom. The molecule has 0 spiro atoms. The normalized spacial score (nSPS) is 11.4. The van der Waals surface area contributed by atoms with E-state index in [1.165, 1.54) is 0 Å². The fourth-order valence-corrected chi connectivity index (χ4v) is 2.41. The summed E-state index contributed by atoms with van der Waals surface area (Å²) in [5, 5.41) is 9.27. The fraction of sp³-hybridized carbons (Fsp3) is 0.727. The monoisotopic (exact) mass is 437 g/mol. The molecule has 178 valence electrons. The minimum Gasteiger partial charge on any atom is -0.355 e. The molecule has 31 heavy (non-hydrogen) atoms. The Morgan fingerprint density at radius 1 is 1.10 bits per heavy atom. The summed E-state index contributed by atoms with van der Waals surface area (Å²) in [5.74, 6) is 0.245. The van der Waals surface area contributed by atoms with E-state index in [1.54, 1.807) is 25.5 Å². The first-order chi connectivity index (χ1) is 14.4. The van der Waals surface area contributed by atoms with Crippen molar-refractivity contribution in [3.8, 4) is 0 Å². The van der Waals surface area contributed by atoms with Crippen LogP contribution < -0.4 is 21.5 Å². The van der Waals surface area contributed by atoms with Crippen LogP contribution in [0.2, 0.25) is 0 Å². The van der Waals surface area contributed by atoms with Crippen molar-refractivity contribution in [3.63, 3.8) is 0 Å². The molecular formula is C22H43N7O2. The standard InChI is InChI=1S/C18H31N7O2.2C2H6/c1-10(2)13(26)23-15-22-12-11(14(27)24-15)21-16(25(12)8)20-9-17(3,4)18(5,6)19-7;2*1-2/h10,19H,9H2,1-8H3,(H,20,21)(H2,22,23,24,26,27);2*1-2H3. The molecule has 2 aromatic heterocycles. The highest BCUT2D eigenvalue weighted by molar-refractivity contribution is 5.91. The van der Waals surface area contributed by atoms with E-state index in [0.29, 0.717) is 18.1 Å². The van der Waals surface area contributed by atoms with Crippen molar-refractivity contribution in [2.24, 2.45) is 18.4 Å². The Morgan fingerprint density at radius 3 is 2.13 bits per heavy atom. The average molecular weight is 438 g/mol. The lowest BCUT2D eigenvalue weighted by atomic mass is 9.74. The Bertz CT molecular complexity index is 895. The van der Waals surface area contributed by atoms with E-state index in [-0.39, 0.29) is 34.2 Å². The van der Waals surface area contributed by atoms with E-state index in [1.807, 2.05) is 34.7 Å². The maximum absolute atomic E-state index is 12.4. The maximum Gasteiger partial charge on any atom is 0.280 e. The average Bonchev–Trinajstić information content (AvgIpc) is 3.05. The van der Waals surface area contributed by atoms with Crippen molar-refractivity contribution < 1.29 is 4.79 Å². The molecule has 9 heteroatoms. The Balaban J connectivity index is 0.00000212. The molecule has 0 aliphatic carbocycles. The molecule has 9 nitrogen and oxygen atoms in total. The molecule has 4 N–H and O–H groups in total. The zero-order valence-corrected chi connectivity index (χ0v) is 21.4. The SMILES string of the molecule is CC.CC.CNC(C)(C)C(C)(C)CNc1nc2c(=O)[nH]c(NC(=O)C(C)C)nc2n1C. The number of imidazole rings is 1. The van der Waals surface area contributed by atoms with Crippen molar-refractivity contribution in [1.29, 1.82) is 0 Å². The Kier molecular flexibility index (Phi) is 10.9. The largest absolute Gasteiger partial charge is 0.355 e. The number of nitrogens with zero attached hydrogens (tertiary/aromatic N) is 3. The van der Waals surface area contributed by atoms with Crippen molar-refractivity contribution in [2.45, 2.75) is 74.8 Å². The van der Waals surface area contributed by atoms with Gasteiger partial charge in [0.2, 0.25) is 17.8 Å². The van der Waals surface area contributed by atoms with E-state index in [4.69, 9.17) is 0 Å². The molecule has 2 heterocycles. The van der Waals surface area contributed by atoms with E-state index in [2.05, 4.69) is 58.6 Å². The van der Waals surface area contributed by atoms with Crippen LogP contribution in [0.3, 0.4) is 0 Å². The van der Waals surface area contributed by atoms with Gasteiger partial charge in [-0.25, -0.2) is 4.98 Å². The Hall–Kier alpha value is -2.42. The summed E-state index contributed by atoms with van der Waals surface area (Å²) >= 11 is 0. The highest BCUT2D eigenvalue weighted by Crippen LogP contribution is 2.30. The number of hydrogen-bond donors (Lipinski definition) is 4. The number of H-pyrrole nitrogens is 1. The summed E-state index contributed by atoms with van der Waals surface area (Å²) in [4.78, 5) is 35.5. The Labute approximate surface area is 186 Å². The predicted octanol–water partition coefficient (Wildman–Crippen LogP) is 3.74. The van der Waals surface area contributed by atoms with Gasteiger partial charge in [-0.15, -0.1) is 0 Å². The lowest BCUT2D eigenvalue weighted by molar-refractivity contribution is -0.118. The van der Waals surface area contributed by atoms with Gasteiger partial charge in [-0.3, -0.25) is 24.5 Å². The van der Waals surface area contributed by atoms with Gasteiger partial charge in [0.25, 0.3) is 5.56 Å². The van der Waals surface area contributed by atoms with Crippen LogP contribution in [0.4, 0.5) is 11.9 Å². The second-order valence-corrected chi connectivity index (χ2v) is 8.34. The summed E-state index contributed by atoms with van der Waals surface area (Å²) in [5.41, 5.74) is 0.0572. The smallest absolute Gasteiger partial charge is 0.280 e. The highest BCUT2D eigenvalue weighted by Gasteiger charge is 2.35. The van der Waals surface area contributed by atoms with Crippen molar-refractivity contribution in [3.05, 3.63) is 10.4 Å². The van der Waals surface area contributed by atoms with Gasteiger partial charge >= 0.3 is 0 Å². The number of carbonyl (C=O) groups is 1. The van der Waals surface area contributed by atoms with Gasteiger partial charge in [-0.05, 0) is 26.3 Å². The van der Waals surface area contributed by atoms with Crippen LogP contribution in [0.25, 0.3) is 11.2 Å². The predicted molar refractivity (Wildman–Crippen MR) is 131 cm³/mol. The second kappa shape index (κ2) is 11.8. The lowest BCUT2D eigenvalue weighted by Gasteiger charge is -2.41. The van der Waals surface area contributed by atoms with Gasteiger partial charge in [0.05, 0.1) is 0 Å². The summed E-state index contributed by atoms with van der Waals surface area (Å²) in [6, 6.07) is 0. The number of anilines is 2. The van der Waals surface area contributed by atoms with Gasteiger partial charge in [0.1, 0.15) is 0 Å². The number of fused-ring (bicyclic) bond motifs is 1. The topological polar surface area (TPSA) is 117 Å². The molecule has 2 rings (SSSR count). The molecule has 0 aromatic carbocycles. The molecule has 0 saturated carbocycles. The van der Waals surface area contributed by atoms with Crippen molar-refractivity contribution in [1.82, 2.24) is 24.8 Å². The zero-order chi connectivity index (χ0) is 24.6. The molecule has 0 bridgehead atoms. The van der Waals surface area contributed by atoms with E-state index >= 15 is 0 Å². The van der Waals surface area contributed by atoms with E-state index in [9.17, 15) is 9.59 Å². The van der Waals surface area contributed by atoms with Gasteiger partial charge in [0.15, 0.2) is 11.2 Å². The number of aromatic amines is 1. The van der Waals surface area contributed by atoms with Crippen LogP contribution in [0.1, 0.15) is 69.2 Å². The van der Waals surface area contributed by atoms with Crippen LogP contribution in [0.5, 0.6) is 0 Å². The third kappa shape index (κ3) is 6.78. The highest BCUT2D eigenvalue weighted by atomic mass is 16.2. The number of amides is 1. The fourth-order valence-electron chi connectivity index (χ4n) is 2.41. The number of aromatic nitrogens is 4. The number of aryl methyl sites for hydroxylation is 1. The molecule has 0 atom stereocenters. The van der Waals surface area contributed by atoms with Crippen molar-refractivity contribution in [2.75, 3.05) is 24.2 Å². The minimum absolute atomic E-state index is 0.0872. The molecule has 0 fully saturated rings. The number of carbonyl (C=O) groups excluding carboxylic acids is 1. The van der Waals surface area contributed by atoms with Crippen LogP contribution in [0, 0.1) is 11.3 Å². The zero-order valence-electron chi connectivity index (χ0n) is 21.4. The molecule has 0 aliphatic rings. The minimum atomic E-state index is -0.391. The third-order valence-electron chi connectivity index (χ3n) is 5.50. The summed E-state index contributed by atoms with van der Waals surface area (Å²) in [7, 11) is 3.72. The van der Waals surface area contributed by atoms with Crippen LogP contribution in [-0.2, 0) is 11.8 Å². The summed E-state index contributed by atoms with van der Waals surface area (Å²) in [6.07, 6.45) is 0. The molecule has 0 radical (unpaired) electrons. The quantitative estimate of drug-likeness (QED) is 0.524. The number of rotatable bonds is 7. The number of nitrogens with one attached hydrogen (secondary N) is 4. The van der Waals surface area contributed by atoms with Gasteiger partial charge in [-0.2, -0.15) is 4.98 Å². The van der Waals surface area contributed by atoms with Crippen LogP contribution in [-0.4, -0.2) is 44.6 Å². The first-order valence-corrected chi connectivity index (χ1v) is 11.1. The molecule has 0 saturated heterocycles. The van der Waals surface area contributed by atoms with E-state index in [0.717, 1.165) is 0 Å². The maximum atomic E-state index is 12.4. The first kappa shape index (κ1) is 28.6. The summed E-state index contributed by atoms with van der Waals surface area (Å²) < 4.78 is 1.72. The second-order valence-electron chi connectivity index (χ2n) is 8.34. The lowest BCUT2D eigenvalue weighted by Crippen LogP contribution is -2.52. The van der Waals surface area contributed by atoms with Gasteiger partial charge < -0.3 is 10.6 Å². The molecular weight excluding hydrogens is 394 g/mol. The molecule has 2 aromatic rings. The number of hydrogen-bond acceptors (Lipinski definition) is 6. The van der Waals surface area contributed by atoms with Crippen LogP contribution >= 0.6 is 0 Å². The van der Waals surface area contributed by atoms with Gasteiger partial charge in [-0.1, -0.05) is 55.4 Å². The third-order valence-corrected chi connectivity index (χ3v) is 5.50. The molecule has 1 amide bonds.